The quantitative estimate of drug-likeness (QED) is 0.746. The maximum atomic E-state index is 13.0. The van der Waals surface area contributed by atoms with Crippen LogP contribution in [-0.4, -0.2) is 22.2 Å². The van der Waals surface area contributed by atoms with Gasteiger partial charge in [0.25, 0.3) is 5.91 Å². The number of H-pyrrole nitrogens is 1. The molecular formula is C16H8F2N4O3. The van der Waals surface area contributed by atoms with Crippen molar-refractivity contribution in [1.29, 1.82) is 5.26 Å². The van der Waals surface area contributed by atoms with Gasteiger partial charge in [0, 0.05) is 17.7 Å². The van der Waals surface area contributed by atoms with Gasteiger partial charge >= 0.3 is 6.29 Å². The van der Waals surface area contributed by atoms with Crippen molar-refractivity contribution in [3.63, 3.8) is 0 Å². The number of rotatable bonds is 2. The van der Waals surface area contributed by atoms with Crippen LogP contribution in [0.4, 0.5) is 14.7 Å². The molecule has 4 rings (SSSR count). The van der Waals surface area contributed by atoms with Crippen LogP contribution < -0.4 is 14.8 Å². The number of amides is 1. The summed E-state index contributed by atoms with van der Waals surface area (Å²) in [6, 6.07) is 10.7. The number of hydrogen-bond donors (Lipinski definition) is 2. The zero-order valence-corrected chi connectivity index (χ0v) is 12.3. The highest BCUT2D eigenvalue weighted by atomic mass is 19.3. The molecule has 0 radical (unpaired) electrons. The summed E-state index contributed by atoms with van der Waals surface area (Å²) >= 11 is 0. The second-order valence-corrected chi connectivity index (χ2v) is 5.22. The molecule has 0 fully saturated rings. The molecule has 2 heterocycles. The van der Waals surface area contributed by atoms with Crippen LogP contribution >= 0.6 is 0 Å². The van der Waals surface area contributed by atoms with E-state index in [4.69, 9.17) is 5.26 Å². The minimum atomic E-state index is -3.70. The number of anilines is 1. The highest BCUT2D eigenvalue weighted by Crippen LogP contribution is 2.42. The van der Waals surface area contributed by atoms with Crippen molar-refractivity contribution in [1.82, 2.24) is 9.97 Å². The van der Waals surface area contributed by atoms with Crippen LogP contribution in [-0.2, 0) is 0 Å². The third kappa shape index (κ3) is 2.70. The maximum Gasteiger partial charge on any atom is 0.586 e. The average Bonchev–Trinajstić information content (AvgIpc) is 3.09. The third-order valence-electron chi connectivity index (χ3n) is 3.49. The Hall–Kier alpha value is -3.67. The van der Waals surface area contributed by atoms with Crippen LogP contribution in [0.2, 0.25) is 0 Å². The largest absolute Gasteiger partial charge is 0.586 e. The van der Waals surface area contributed by atoms with Gasteiger partial charge in [0.2, 0.25) is 5.95 Å². The third-order valence-corrected chi connectivity index (χ3v) is 3.49. The second kappa shape index (κ2) is 5.17. The number of carbonyl (C=O) groups is 1. The van der Waals surface area contributed by atoms with E-state index in [1.54, 1.807) is 18.2 Å². The maximum absolute atomic E-state index is 13.0. The van der Waals surface area contributed by atoms with E-state index in [1.165, 1.54) is 18.2 Å². The lowest BCUT2D eigenvalue weighted by Crippen LogP contribution is -2.25. The second-order valence-electron chi connectivity index (χ2n) is 5.22. The first-order valence-electron chi connectivity index (χ1n) is 7.05. The van der Waals surface area contributed by atoms with Crippen LogP contribution in [0.5, 0.6) is 11.5 Å². The number of nitrogens with zero attached hydrogens (tertiary/aromatic N) is 2. The molecule has 124 valence electrons. The minimum Gasteiger partial charge on any atom is -0.395 e. The van der Waals surface area contributed by atoms with Crippen molar-refractivity contribution in [2.45, 2.75) is 6.29 Å². The Morgan fingerprint density at radius 1 is 1.24 bits per heavy atom. The van der Waals surface area contributed by atoms with Gasteiger partial charge in [-0.25, -0.2) is 4.98 Å². The Kier molecular flexibility index (Phi) is 3.08. The molecule has 0 aliphatic carbocycles. The number of carbonyl (C=O) groups excluding carboxylic acids is 1. The number of benzene rings is 2. The number of imidazole rings is 1. The lowest BCUT2D eigenvalue weighted by molar-refractivity contribution is -0.286. The van der Waals surface area contributed by atoms with Crippen molar-refractivity contribution in [2.24, 2.45) is 0 Å². The fourth-order valence-corrected chi connectivity index (χ4v) is 2.42. The standard InChI is InChI=1S/C16H8F2N4O3/c17-16(18)24-12-5-10-11(6-13(12)25-16)21-15(20-10)22-14(23)9-3-1-2-8(4-9)7-19/h1-6H,(H2,20,21,22,23). The van der Waals surface area contributed by atoms with Gasteiger partial charge in [0.15, 0.2) is 11.5 Å². The van der Waals surface area contributed by atoms with Crippen LogP contribution in [0.3, 0.4) is 0 Å². The van der Waals surface area contributed by atoms with Gasteiger partial charge in [-0.1, -0.05) is 6.07 Å². The fraction of sp³-hybridized carbons (Fsp3) is 0.0625. The van der Waals surface area contributed by atoms with Crippen molar-refractivity contribution in [3.8, 4) is 17.6 Å². The van der Waals surface area contributed by atoms with Crippen molar-refractivity contribution in [3.05, 3.63) is 47.5 Å². The molecular weight excluding hydrogens is 334 g/mol. The highest BCUT2D eigenvalue weighted by Gasteiger charge is 2.43. The first-order chi connectivity index (χ1) is 11.9. The Labute approximate surface area is 138 Å². The summed E-state index contributed by atoms with van der Waals surface area (Å²) in [5, 5.41) is 11.4. The number of ether oxygens (including phenoxy) is 2. The number of aromatic nitrogens is 2. The molecule has 1 amide bonds. The lowest BCUT2D eigenvalue weighted by Gasteiger charge is -2.04. The Balaban J connectivity index is 1.61. The van der Waals surface area contributed by atoms with E-state index < -0.39 is 12.2 Å². The molecule has 25 heavy (non-hydrogen) atoms. The number of aromatic amines is 1. The first-order valence-corrected chi connectivity index (χ1v) is 7.05. The van der Waals surface area contributed by atoms with Crippen molar-refractivity contribution in [2.75, 3.05) is 5.32 Å². The molecule has 2 N–H and O–H groups in total. The first kappa shape index (κ1) is 14.9. The Morgan fingerprint density at radius 2 is 2.00 bits per heavy atom. The molecule has 7 nitrogen and oxygen atoms in total. The summed E-state index contributed by atoms with van der Waals surface area (Å²) in [5.41, 5.74) is 1.35. The summed E-state index contributed by atoms with van der Waals surface area (Å²) in [6.45, 7) is 0. The number of halogens is 2. The minimum absolute atomic E-state index is 0.123. The van der Waals surface area contributed by atoms with E-state index in [0.29, 0.717) is 16.6 Å². The number of fused-ring (bicyclic) bond motifs is 2. The molecule has 1 aliphatic rings. The number of hydrogen-bond acceptors (Lipinski definition) is 5. The van der Waals surface area contributed by atoms with Gasteiger partial charge in [0.1, 0.15) is 0 Å². The van der Waals surface area contributed by atoms with Crippen LogP contribution in [0.1, 0.15) is 15.9 Å². The van der Waals surface area contributed by atoms with E-state index in [1.807, 2.05) is 6.07 Å². The van der Waals surface area contributed by atoms with Gasteiger partial charge in [-0.05, 0) is 18.2 Å². The van der Waals surface area contributed by atoms with Gasteiger partial charge in [0.05, 0.1) is 22.7 Å². The lowest BCUT2D eigenvalue weighted by atomic mass is 10.1. The molecule has 1 aromatic heterocycles. The molecule has 1 aliphatic heterocycles. The number of nitriles is 1. The van der Waals surface area contributed by atoms with Gasteiger partial charge in [-0.2, -0.15) is 5.26 Å². The number of nitrogens with one attached hydrogen (secondary N) is 2. The van der Waals surface area contributed by atoms with Gasteiger partial charge < -0.3 is 14.5 Å². The fourth-order valence-electron chi connectivity index (χ4n) is 2.42. The predicted octanol–water partition coefficient (Wildman–Crippen LogP) is 3.01. The predicted molar refractivity (Wildman–Crippen MR) is 81.4 cm³/mol. The van der Waals surface area contributed by atoms with E-state index in [9.17, 15) is 13.6 Å². The smallest absolute Gasteiger partial charge is 0.395 e. The van der Waals surface area contributed by atoms with E-state index >= 15 is 0 Å². The van der Waals surface area contributed by atoms with Gasteiger partial charge in [-0.15, -0.1) is 8.78 Å². The van der Waals surface area contributed by atoms with Gasteiger partial charge in [-0.3, -0.25) is 10.1 Å². The van der Waals surface area contributed by atoms with E-state index in [2.05, 4.69) is 24.8 Å². The molecule has 0 atom stereocenters. The Bertz CT molecular complexity index is 1010. The summed E-state index contributed by atoms with van der Waals surface area (Å²) in [6.07, 6.45) is -3.70. The molecule has 2 aromatic carbocycles. The molecule has 9 heteroatoms. The van der Waals surface area contributed by atoms with Crippen LogP contribution in [0.15, 0.2) is 36.4 Å². The SMILES string of the molecule is N#Cc1cccc(C(=O)Nc2nc3cc4c(cc3[nH]2)OC(F)(F)O4)c1. The van der Waals surface area contributed by atoms with Crippen LogP contribution in [0.25, 0.3) is 11.0 Å². The summed E-state index contributed by atoms with van der Waals surface area (Å²) in [5.74, 6) is -0.607. The summed E-state index contributed by atoms with van der Waals surface area (Å²) in [7, 11) is 0. The van der Waals surface area contributed by atoms with E-state index in [0.717, 1.165) is 0 Å². The molecule has 3 aromatic rings. The van der Waals surface area contributed by atoms with Crippen LogP contribution in [0, 0.1) is 11.3 Å². The Morgan fingerprint density at radius 3 is 2.76 bits per heavy atom. The average molecular weight is 342 g/mol. The topological polar surface area (TPSA) is 100 Å². The molecule has 0 spiro atoms. The van der Waals surface area contributed by atoms with Crippen molar-refractivity contribution >= 4 is 22.9 Å². The summed E-state index contributed by atoms with van der Waals surface area (Å²) < 4.78 is 34.8. The molecule has 0 saturated carbocycles. The van der Waals surface area contributed by atoms with Crippen molar-refractivity contribution < 1.29 is 23.0 Å². The normalized spacial score (nSPS) is 14.3. The zero-order chi connectivity index (χ0) is 17.6. The highest BCUT2D eigenvalue weighted by molar-refractivity contribution is 6.04. The monoisotopic (exact) mass is 342 g/mol. The molecule has 0 bridgehead atoms. The number of alkyl halides is 2. The molecule has 0 saturated heterocycles. The van der Waals surface area contributed by atoms with E-state index in [-0.39, 0.29) is 23.0 Å². The molecule has 0 unspecified atom stereocenters. The zero-order valence-electron chi connectivity index (χ0n) is 12.3. The summed E-state index contributed by atoms with van der Waals surface area (Å²) in [4.78, 5) is 19.1.